The zero-order chi connectivity index (χ0) is 14.8. The molecule has 3 aromatic heterocycles. The fraction of sp³-hybridized carbons (Fsp3) is 0.0769. The number of halogens is 2. The summed E-state index contributed by atoms with van der Waals surface area (Å²) in [4.78, 5) is 19.3. The summed E-state index contributed by atoms with van der Waals surface area (Å²) in [6, 6.07) is 4.14. The first-order chi connectivity index (χ1) is 10.1. The molecule has 0 aliphatic heterocycles. The van der Waals surface area contributed by atoms with Crippen molar-refractivity contribution < 1.29 is 13.6 Å². The van der Waals surface area contributed by atoms with Crippen LogP contribution in [0, 0.1) is 11.6 Å². The molecule has 0 aliphatic rings. The molecule has 0 aromatic carbocycles. The molecule has 0 bridgehead atoms. The molecule has 6 nitrogen and oxygen atoms in total. The maximum absolute atomic E-state index is 13.4. The molecule has 3 rings (SSSR count). The molecule has 0 spiro atoms. The number of hydrogen-bond acceptors (Lipinski definition) is 4. The number of fused-ring (bicyclic) bond motifs is 1. The third-order valence-electron chi connectivity index (χ3n) is 2.86. The Labute approximate surface area is 117 Å². The van der Waals surface area contributed by atoms with Crippen molar-refractivity contribution in [3.05, 3.63) is 53.6 Å². The number of carbonyl (C=O) groups is 1. The van der Waals surface area contributed by atoms with Crippen molar-refractivity contribution in [3.63, 3.8) is 0 Å². The maximum Gasteiger partial charge on any atom is 0.273 e. The fourth-order valence-corrected chi connectivity index (χ4v) is 1.87. The Hall–Kier alpha value is -2.90. The quantitative estimate of drug-likeness (QED) is 0.766. The molecule has 8 heteroatoms. The molecule has 1 amide bonds. The van der Waals surface area contributed by atoms with Gasteiger partial charge in [-0.05, 0) is 12.1 Å². The molecular formula is C13H9F2N5O. The van der Waals surface area contributed by atoms with Gasteiger partial charge in [0, 0.05) is 17.6 Å². The highest BCUT2D eigenvalue weighted by Crippen LogP contribution is 2.12. The van der Waals surface area contributed by atoms with Crippen LogP contribution in [0.15, 0.2) is 30.6 Å². The number of pyridine rings is 2. The molecular weight excluding hydrogens is 280 g/mol. The lowest BCUT2D eigenvalue weighted by Crippen LogP contribution is -2.25. The van der Waals surface area contributed by atoms with Gasteiger partial charge in [-0.1, -0.05) is 0 Å². The zero-order valence-corrected chi connectivity index (χ0v) is 10.6. The number of nitrogens with zero attached hydrogens (tertiary/aromatic N) is 3. The van der Waals surface area contributed by atoms with Gasteiger partial charge in [0.25, 0.3) is 5.91 Å². The molecule has 3 aromatic rings. The highest BCUT2D eigenvalue weighted by atomic mass is 19.1. The molecule has 0 fully saturated rings. The van der Waals surface area contributed by atoms with Gasteiger partial charge in [0.2, 0.25) is 0 Å². The van der Waals surface area contributed by atoms with E-state index in [0.717, 1.165) is 11.6 Å². The lowest BCUT2D eigenvalue weighted by atomic mass is 10.2. The van der Waals surface area contributed by atoms with Crippen molar-refractivity contribution >= 4 is 16.9 Å². The highest BCUT2D eigenvalue weighted by Gasteiger charge is 2.15. The zero-order valence-electron chi connectivity index (χ0n) is 10.6. The summed E-state index contributed by atoms with van der Waals surface area (Å²) in [5, 5.41) is 9.96. The minimum absolute atomic E-state index is 0.0967. The van der Waals surface area contributed by atoms with Gasteiger partial charge in [-0.25, -0.2) is 18.7 Å². The molecule has 0 saturated heterocycles. The van der Waals surface area contributed by atoms with Crippen molar-refractivity contribution in [1.82, 2.24) is 25.5 Å². The van der Waals surface area contributed by atoms with Crippen LogP contribution in [0.25, 0.3) is 11.0 Å². The fourth-order valence-electron chi connectivity index (χ4n) is 1.87. The molecule has 0 atom stereocenters. The van der Waals surface area contributed by atoms with Gasteiger partial charge >= 0.3 is 0 Å². The summed E-state index contributed by atoms with van der Waals surface area (Å²) in [6.45, 7) is 0.0967. The maximum atomic E-state index is 13.4. The number of nitrogens with one attached hydrogen (secondary N) is 2. The predicted octanol–water partition coefficient (Wildman–Crippen LogP) is 1.56. The first-order valence-electron chi connectivity index (χ1n) is 6.02. The second-order valence-electron chi connectivity index (χ2n) is 4.24. The number of carbonyl (C=O) groups excluding carboxylic acids is 1. The minimum atomic E-state index is -1.01. The molecule has 0 unspecified atom stereocenters. The van der Waals surface area contributed by atoms with E-state index in [1.807, 2.05) is 0 Å². The Bertz CT molecular complexity index is 817. The van der Waals surface area contributed by atoms with Gasteiger partial charge in [0.15, 0.2) is 17.2 Å². The molecule has 106 valence electrons. The second kappa shape index (κ2) is 5.23. The number of aromatic amines is 1. The Morgan fingerprint density at radius 3 is 3.00 bits per heavy atom. The van der Waals surface area contributed by atoms with Gasteiger partial charge in [0.05, 0.1) is 18.4 Å². The number of rotatable bonds is 3. The van der Waals surface area contributed by atoms with Crippen LogP contribution in [0.5, 0.6) is 0 Å². The summed E-state index contributed by atoms with van der Waals surface area (Å²) >= 11 is 0. The smallest absolute Gasteiger partial charge is 0.273 e. The van der Waals surface area contributed by atoms with Crippen molar-refractivity contribution in [2.45, 2.75) is 6.54 Å². The normalized spacial score (nSPS) is 10.8. The second-order valence-corrected chi connectivity index (χ2v) is 4.24. The van der Waals surface area contributed by atoms with Crippen LogP contribution < -0.4 is 5.32 Å². The van der Waals surface area contributed by atoms with Gasteiger partial charge in [0.1, 0.15) is 5.82 Å². The van der Waals surface area contributed by atoms with E-state index >= 15 is 0 Å². The van der Waals surface area contributed by atoms with Crippen LogP contribution in [0.1, 0.15) is 16.2 Å². The van der Waals surface area contributed by atoms with E-state index in [2.05, 4.69) is 25.5 Å². The summed E-state index contributed by atoms with van der Waals surface area (Å²) < 4.78 is 26.2. The Morgan fingerprint density at radius 2 is 2.19 bits per heavy atom. The summed E-state index contributed by atoms with van der Waals surface area (Å²) in [6.07, 6.45) is 2.39. The molecule has 21 heavy (non-hydrogen) atoms. The molecule has 2 N–H and O–H groups in total. The average molecular weight is 289 g/mol. The summed E-state index contributed by atoms with van der Waals surface area (Å²) in [5.41, 5.74) is 0.695. The van der Waals surface area contributed by atoms with Gasteiger partial charge in [-0.2, -0.15) is 5.10 Å². The SMILES string of the molecule is O=C(NCc1[nH]nc2ncccc12)c1ncc(F)cc1F. The predicted molar refractivity (Wildman–Crippen MR) is 69.2 cm³/mol. The monoisotopic (exact) mass is 289 g/mol. The van der Waals surface area contributed by atoms with Crippen LogP contribution in [0.3, 0.4) is 0 Å². The number of H-pyrrole nitrogens is 1. The van der Waals surface area contributed by atoms with Gasteiger partial charge < -0.3 is 5.32 Å². The van der Waals surface area contributed by atoms with Crippen LogP contribution in [-0.2, 0) is 6.54 Å². The van der Waals surface area contributed by atoms with E-state index in [1.165, 1.54) is 0 Å². The summed E-state index contributed by atoms with van der Waals surface area (Å²) in [5.74, 6) is -2.59. The number of hydrogen-bond donors (Lipinski definition) is 2. The Morgan fingerprint density at radius 1 is 1.33 bits per heavy atom. The van der Waals surface area contributed by atoms with E-state index in [1.54, 1.807) is 18.3 Å². The first-order valence-corrected chi connectivity index (χ1v) is 6.02. The van der Waals surface area contributed by atoms with Crippen LogP contribution >= 0.6 is 0 Å². The van der Waals surface area contributed by atoms with E-state index in [-0.39, 0.29) is 6.54 Å². The van der Waals surface area contributed by atoms with Crippen molar-refractivity contribution in [3.8, 4) is 0 Å². The molecule has 0 aliphatic carbocycles. The third-order valence-corrected chi connectivity index (χ3v) is 2.86. The van der Waals surface area contributed by atoms with Crippen LogP contribution in [-0.4, -0.2) is 26.1 Å². The molecule has 0 saturated carbocycles. The topological polar surface area (TPSA) is 83.6 Å². The van der Waals surface area contributed by atoms with Crippen molar-refractivity contribution in [2.75, 3.05) is 0 Å². The standard InChI is InChI=1S/C13H9F2N5O/c14-7-4-9(15)11(17-5-7)13(21)18-6-10-8-2-1-3-16-12(8)20-19-10/h1-5H,6H2,(H,18,21)(H,16,19,20). The van der Waals surface area contributed by atoms with E-state index in [0.29, 0.717) is 17.4 Å². The van der Waals surface area contributed by atoms with E-state index < -0.39 is 23.2 Å². The van der Waals surface area contributed by atoms with E-state index in [9.17, 15) is 13.6 Å². The highest BCUT2D eigenvalue weighted by molar-refractivity contribution is 5.92. The minimum Gasteiger partial charge on any atom is -0.345 e. The van der Waals surface area contributed by atoms with Crippen LogP contribution in [0.4, 0.5) is 8.78 Å². The third kappa shape index (κ3) is 2.55. The van der Waals surface area contributed by atoms with Gasteiger partial charge in [-0.15, -0.1) is 0 Å². The van der Waals surface area contributed by atoms with Crippen molar-refractivity contribution in [1.29, 1.82) is 0 Å². The molecule has 0 radical (unpaired) electrons. The lowest BCUT2D eigenvalue weighted by molar-refractivity contribution is 0.0941. The number of aromatic nitrogens is 4. The Kier molecular flexibility index (Phi) is 3.27. The number of amides is 1. The van der Waals surface area contributed by atoms with E-state index in [4.69, 9.17) is 0 Å². The average Bonchev–Trinajstić information content (AvgIpc) is 2.88. The Balaban J connectivity index is 1.77. The largest absolute Gasteiger partial charge is 0.345 e. The van der Waals surface area contributed by atoms with Crippen LogP contribution in [0.2, 0.25) is 0 Å². The first kappa shape index (κ1) is 13.1. The lowest BCUT2D eigenvalue weighted by Gasteiger charge is -2.04. The molecule has 3 heterocycles. The van der Waals surface area contributed by atoms with Gasteiger partial charge in [-0.3, -0.25) is 9.89 Å². The summed E-state index contributed by atoms with van der Waals surface area (Å²) in [7, 11) is 0. The van der Waals surface area contributed by atoms with Crippen molar-refractivity contribution in [2.24, 2.45) is 0 Å².